The van der Waals surface area contributed by atoms with Crippen LogP contribution in [-0.4, -0.2) is 41.5 Å². The molecule has 1 aromatic heterocycles. The predicted molar refractivity (Wildman–Crippen MR) is 100 cm³/mol. The van der Waals surface area contributed by atoms with Gasteiger partial charge in [-0.3, -0.25) is 4.79 Å². The van der Waals surface area contributed by atoms with Crippen molar-refractivity contribution in [1.82, 2.24) is 9.88 Å². The number of para-hydroxylation sites is 2. The Morgan fingerprint density at radius 2 is 1.74 bits per heavy atom. The first kappa shape index (κ1) is 17.3. The Balaban J connectivity index is 1.51. The van der Waals surface area contributed by atoms with Gasteiger partial charge in [0, 0.05) is 13.1 Å². The van der Waals surface area contributed by atoms with Gasteiger partial charge in [-0.15, -0.1) is 0 Å². The zero-order valence-electron chi connectivity index (χ0n) is 14.9. The van der Waals surface area contributed by atoms with Crippen LogP contribution < -0.4 is 0 Å². The van der Waals surface area contributed by atoms with Gasteiger partial charge < -0.3 is 14.1 Å². The number of amides is 1. The van der Waals surface area contributed by atoms with E-state index in [2.05, 4.69) is 4.98 Å². The molecule has 138 valence electrons. The van der Waals surface area contributed by atoms with Crippen molar-refractivity contribution >= 4 is 23.0 Å². The van der Waals surface area contributed by atoms with E-state index in [-0.39, 0.29) is 12.5 Å². The highest BCUT2D eigenvalue weighted by atomic mass is 16.5. The van der Waals surface area contributed by atoms with E-state index < -0.39 is 5.97 Å². The van der Waals surface area contributed by atoms with E-state index in [1.807, 2.05) is 24.3 Å². The molecule has 1 aliphatic heterocycles. The molecule has 0 radical (unpaired) electrons. The number of hydrogen-bond acceptors (Lipinski definition) is 5. The van der Waals surface area contributed by atoms with Crippen molar-refractivity contribution in [3.8, 4) is 11.5 Å². The Kier molecular flexibility index (Phi) is 4.87. The summed E-state index contributed by atoms with van der Waals surface area (Å²) in [6, 6.07) is 14.4. The maximum atomic E-state index is 12.6. The topological polar surface area (TPSA) is 72.6 Å². The van der Waals surface area contributed by atoms with E-state index >= 15 is 0 Å². The number of oxazole rings is 1. The SMILES string of the molecule is O=C(OCC(=O)N1CCCCC1)c1ccccc1-c1nc2ccccc2o1. The summed E-state index contributed by atoms with van der Waals surface area (Å²) >= 11 is 0. The second-order valence-corrected chi connectivity index (χ2v) is 6.55. The molecule has 4 rings (SSSR count). The third-order valence-corrected chi connectivity index (χ3v) is 4.71. The van der Waals surface area contributed by atoms with Crippen molar-refractivity contribution in [2.45, 2.75) is 19.3 Å². The fourth-order valence-corrected chi connectivity index (χ4v) is 3.27. The number of aromatic nitrogens is 1. The van der Waals surface area contributed by atoms with E-state index in [4.69, 9.17) is 9.15 Å². The molecule has 0 N–H and O–H groups in total. The van der Waals surface area contributed by atoms with Crippen LogP contribution in [0.2, 0.25) is 0 Å². The van der Waals surface area contributed by atoms with Crippen LogP contribution in [0.1, 0.15) is 29.6 Å². The number of likely N-dealkylation sites (tertiary alicyclic amines) is 1. The van der Waals surface area contributed by atoms with Gasteiger partial charge in [0.05, 0.1) is 11.1 Å². The second-order valence-electron chi connectivity index (χ2n) is 6.55. The molecule has 0 saturated carbocycles. The molecule has 1 saturated heterocycles. The van der Waals surface area contributed by atoms with Crippen LogP contribution in [0, 0.1) is 0 Å². The summed E-state index contributed by atoms with van der Waals surface area (Å²) in [5.74, 6) is -0.355. The van der Waals surface area contributed by atoms with Gasteiger partial charge in [0.25, 0.3) is 5.91 Å². The summed E-state index contributed by atoms with van der Waals surface area (Å²) in [4.78, 5) is 31.0. The van der Waals surface area contributed by atoms with Crippen LogP contribution in [0.25, 0.3) is 22.6 Å². The first-order valence-electron chi connectivity index (χ1n) is 9.12. The molecule has 1 amide bonds. The van der Waals surface area contributed by atoms with Gasteiger partial charge in [-0.1, -0.05) is 24.3 Å². The average Bonchev–Trinajstić information content (AvgIpc) is 3.16. The maximum absolute atomic E-state index is 12.6. The van der Waals surface area contributed by atoms with Crippen LogP contribution in [0.4, 0.5) is 0 Å². The minimum atomic E-state index is -0.557. The highest BCUT2D eigenvalue weighted by Gasteiger charge is 2.21. The summed E-state index contributed by atoms with van der Waals surface area (Å²) < 4.78 is 11.1. The predicted octanol–water partition coefficient (Wildman–Crippen LogP) is 3.66. The molecule has 6 heteroatoms. The number of fused-ring (bicyclic) bond motifs is 1. The number of rotatable bonds is 4. The summed E-state index contributed by atoms with van der Waals surface area (Å²) in [6.45, 7) is 1.21. The highest BCUT2D eigenvalue weighted by molar-refractivity contribution is 5.97. The number of esters is 1. The van der Waals surface area contributed by atoms with Crippen molar-refractivity contribution in [3.63, 3.8) is 0 Å². The van der Waals surface area contributed by atoms with Crippen LogP contribution in [-0.2, 0) is 9.53 Å². The van der Waals surface area contributed by atoms with Gasteiger partial charge in [-0.25, -0.2) is 9.78 Å². The molecule has 2 aromatic carbocycles. The van der Waals surface area contributed by atoms with E-state index in [0.717, 1.165) is 37.9 Å². The Morgan fingerprint density at radius 1 is 1.00 bits per heavy atom. The number of hydrogen-bond donors (Lipinski definition) is 0. The fraction of sp³-hybridized carbons (Fsp3) is 0.286. The van der Waals surface area contributed by atoms with Crippen LogP contribution in [0.3, 0.4) is 0 Å². The normalized spacial score (nSPS) is 14.3. The molecular formula is C21H20N2O4. The Labute approximate surface area is 156 Å². The first-order chi connectivity index (χ1) is 13.2. The van der Waals surface area contributed by atoms with Crippen LogP contribution >= 0.6 is 0 Å². The lowest BCUT2D eigenvalue weighted by Crippen LogP contribution is -2.38. The number of benzene rings is 2. The minimum Gasteiger partial charge on any atom is -0.452 e. The molecular weight excluding hydrogens is 344 g/mol. The molecule has 0 bridgehead atoms. The molecule has 3 aromatic rings. The third kappa shape index (κ3) is 3.69. The second kappa shape index (κ2) is 7.61. The van der Waals surface area contributed by atoms with Gasteiger partial charge in [-0.2, -0.15) is 0 Å². The van der Waals surface area contributed by atoms with Crippen molar-refractivity contribution < 1.29 is 18.7 Å². The van der Waals surface area contributed by atoms with Crippen LogP contribution in [0.5, 0.6) is 0 Å². The van der Waals surface area contributed by atoms with Gasteiger partial charge in [0.2, 0.25) is 5.89 Å². The highest BCUT2D eigenvalue weighted by Crippen LogP contribution is 2.27. The molecule has 0 atom stereocenters. The van der Waals surface area contributed by atoms with E-state index in [0.29, 0.717) is 22.6 Å². The summed E-state index contributed by atoms with van der Waals surface area (Å²) in [5.41, 5.74) is 2.24. The van der Waals surface area contributed by atoms with Crippen LogP contribution in [0.15, 0.2) is 52.9 Å². The Bertz CT molecular complexity index is 940. The van der Waals surface area contributed by atoms with Gasteiger partial charge >= 0.3 is 5.97 Å². The number of ether oxygens (including phenoxy) is 1. The third-order valence-electron chi connectivity index (χ3n) is 4.71. The lowest BCUT2D eigenvalue weighted by atomic mass is 10.1. The smallest absolute Gasteiger partial charge is 0.339 e. The molecule has 6 nitrogen and oxygen atoms in total. The number of nitrogens with zero attached hydrogens (tertiary/aromatic N) is 2. The minimum absolute atomic E-state index is 0.151. The largest absolute Gasteiger partial charge is 0.452 e. The zero-order chi connectivity index (χ0) is 18.6. The van der Waals surface area contributed by atoms with E-state index in [9.17, 15) is 9.59 Å². The molecule has 1 fully saturated rings. The number of carbonyl (C=O) groups excluding carboxylic acids is 2. The first-order valence-corrected chi connectivity index (χ1v) is 9.12. The molecule has 0 unspecified atom stereocenters. The van der Waals surface area contributed by atoms with E-state index in [1.54, 1.807) is 29.2 Å². The fourth-order valence-electron chi connectivity index (χ4n) is 3.27. The van der Waals surface area contributed by atoms with Crippen molar-refractivity contribution in [3.05, 3.63) is 54.1 Å². The molecule has 1 aliphatic rings. The maximum Gasteiger partial charge on any atom is 0.339 e. The van der Waals surface area contributed by atoms with Gasteiger partial charge in [-0.05, 0) is 43.5 Å². The summed E-state index contributed by atoms with van der Waals surface area (Å²) in [7, 11) is 0. The lowest BCUT2D eigenvalue weighted by Gasteiger charge is -2.26. The Hall–Kier alpha value is -3.15. The van der Waals surface area contributed by atoms with Gasteiger partial charge in [0.1, 0.15) is 5.52 Å². The monoisotopic (exact) mass is 364 g/mol. The summed E-state index contributed by atoms with van der Waals surface area (Å²) in [6.07, 6.45) is 3.14. The van der Waals surface area contributed by atoms with Crippen molar-refractivity contribution in [2.75, 3.05) is 19.7 Å². The van der Waals surface area contributed by atoms with Crippen molar-refractivity contribution in [2.24, 2.45) is 0 Å². The summed E-state index contributed by atoms with van der Waals surface area (Å²) in [5, 5.41) is 0. The van der Waals surface area contributed by atoms with Gasteiger partial charge in [0.15, 0.2) is 12.2 Å². The number of carbonyl (C=O) groups is 2. The molecule has 0 aliphatic carbocycles. The molecule has 27 heavy (non-hydrogen) atoms. The Morgan fingerprint density at radius 3 is 2.56 bits per heavy atom. The molecule has 0 spiro atoms. The quantitative estimate of drug-likeness (QED) is 0.661. The average molecular weight is 364 g/mol. The zero-order valence-corrected chi connectivity index (χ0v) is 14.9. The van der Waals surface area contributed by atoms with E-state index in [1.165, 1.54) is 0 Å². The number of piperidine rings is 1. The molecule has 2 heterocycles. The lowest BCUT2D eigenvalue weighted by molar-refractivity contribution is -0.135. The standard InChI is InChI=1S/C21H20N2O4/c24-19(23-12-6-1-7-13-23)14-26-21(25)16-9-3-2-8-15(16)20-22-17-10-4-5-11-18(17)27-20/h2-5,8-11H,1,6-7,12-14H2. The van der Waals surface area contributed by atoms with Crippen molar-refractivity contribution in [1.29, 1.82) is 0 Å².